The molecular weight excluding hydrogens is 515 g/mol. The SMILES string of the molecule is CCCC(c1ccccc1)N(C)C(=O)N1C(=O)C(CC)(CC)C1Oc1ccc(CP(=O)(OCC)OCC)cc1. The molecule has 3 amide bonds. The van der Waals surface area contributed by atoms with Crippen LogP contribution in [0, 0.1) is 5.41 Å². The molecule has 1 saturated heterocycles. The van der Waals surface area contributed by atoms with Gasteiger partial charge in [0.25, 0.3) is 0 Å². The number of imide groups is 1. The summed E-state index contributed by atoms with van der Waals surface area (Å²) in [5, 5.41) is 0. The Hall–Kier alpha value is -2.67. The summed E-state index contributed by atoms with van der Waals surface area (Å²) in [7, 11) is -1.48. The van der Waals surface area contributed by atoms with Crippen LogP contribution in [0.25, 0.3) is 0 Å². The third-order valence-electron chi connectivity index (χ3n) is 7.53. The minimum absolute atomic E-state index is 0.151. The Morgan fingerprint density at radius 3 is 2.08 bits per heavy atom. The zero-order valence-electron chi connectivity index (χ0n) is 24.1. The average Bonchev–Trinajstić information content (AvgIpc) is 2.93. The number of hydrogen-bond acceptors (Lipinski definition) is 6. The van der Waals surface area contributed by atoms with Gasteiger partial charge < -0.3 is 18.7 Å². The van der Waals surface area contributed by atoms with Gasteiger partial charge in [-0.1, -0.05) is 69.7 Å². The molecule has 0 aromatic heterocycles. The Morgan fingerprint density at radius 1 is 0.974 bits per heavy atom. The van der Waals surface area contributed by atoms with Crippen molar-refractivity contribution in [2.24, 2.45) is 5.41 Å². The number of likely N-dealkylation sites (tertiary alicyclic amines) is 1. The van der Waals surface area contributed by atoms with Gasteiger partial charge in [0.15, 0.2) is 6.23 Å². The van der Waals surface area contributed by atoms with Gasteiger partial charge in [0.2, 0.25) is 5.91 Å². The van der Waals surface area contributed by atoms with Crippen molar-refractivity contribution in [3.63, 3.8) is 0 Å². The van der Waals surface area contributed by atoms with Gasteiger partial charge in [0.05, 0.1) is 25.4 Å². The number of β-lactam (4-membered cyclic amide) rings is 1. The lowest BCUT2D eigenvalue weighted by atomic mass is 9.72. The molecule has 2 unspecified atom stereocenters. The van der Waals surface area contributed by atoms with Crippen molar-refractivity contribution >= 4 is 19.5 Å². The van der Waals surface area contributed by atoms with Crippen molar-refractivity contribution in [1.29, 1.82) is 0 Å². The van der Waals surface area contributed by atoms with Gasteiger partial charge in [-0.3, -0.25) is 9.36 Å². The van der Waals surface area contributed by atoms with Gasteiger partial charge in [0.1, 0.15) is 11.2 Å². The lowest BCUT2D eigenvalue weighted by Crippen LogP contribution is -2.73. The molecule has 3 rings (SSSR count). The van der Waals surface area contributed by atoms with Gasteiger partial charge in [-0.05, 0) is 56.4 Å². The van der Waals surface area contributed by atoms with Gasteiger partial charge >= 0.3 is 13.6 Å². The second kappa shape index (κ2) is 13.6. The number of ether oxygens (including phenoxy) is 1. The zero-order valence-corrected chi connectivity index (χ0v) is 25.0. The minimum atomic E-state index is -3.24. The van der Waals surface area contributed by atoms with Crippen molar-refractivity contribution in [3.8, 4) is 5.75 Å². The van der Waals surface area contributed by atoms with E-state index in [0.29, 0.717) is 31.8 Å². The molecule has 1 fully saturated rings. The van der Waals surface area contributed by atoms with E-state index >= 15 is 0 Å². The van der Waals surface area contributed by atoms with Crippen molar-refractivity contribution in [3.05, 3.63) is 65.7 Å². The van der Waals surface area contributed by atoms with Crippen LogP contribution in [0.5, 0.6) is 5.75 Å². The summed E-state index contributed by atoms with van der Waals surface area (Å²) in [4.78, 5) is 30.2. The van der Waals surface area contributed by atoms with Gasteiger partial charge in [-0.15, -0.1) is 0 Å². The molecular formula is C30H43N2O6P. The number of amides is 3. The van der Waals surface area contributed by atoms with Crippen molar-refractivity contribution < 1.29 is 27.9 Å². The highest BCUT2D eigenvalue weighted by molar-refractivity contribution is 7.53. The second-order valence-electron chi connectivity index (χ2n) is 9.87. The standard InChI is InChI=1S/C30H43N2O6P/c1-7-15-26(24-16-13-12-14-17-24)31(6)29(34)32-27(33)30(8-2,9-3)28(32)38-25-20-18-23(19-21-25)22-39(35,36-10-4)37-11-5/h12-14,16-21,26,28H,7-11,15,22H2,1-6H3. The highest BCUT2D eigenvalue weighted by Crippen LogP contribution is 2.51. The van der Waals surface area contributed by atoms with E-state index in [9.17, 15) is 14.2 Å². The number of urea groups is 1. The molecule has 214 valence electrons. The third kappa shape index (κ3) is 6.56. The fourth-order valence-corrected chi connectivity index (χ4v) is 6.97. The molecule has 0 spiro atoms. The number of carbonyl (C=O) groups excluding carboxylic acids is 2. The highest BCUT2D eigenvalue weighted by atomic mass is 31.2. The Morgan fingerprint density at radius 2 is 1.56 bits per heavy atom. The largest absolute Gasteiger partial charge is 0.469 e. The Labute approximate surface area is 233 Å². The number of rotatable bonds is 14. The molecule has 2 aromatic rings. The molecule has 0 radical (unpaired) electrons. The predicted octanol–water partition coefficient (Wildman–Crippen LogP) is 7.40. The van der Waals surface area contributed by atoms with Crippen LogP contribution >= 0.6 is 7.60 Å². The topological polar surface area (TPSA) is 85.4 Å². The monoisotopic (exact) mass is 558 g/mol. The van der Waals surface area contributed by atoms with Gasteiger partial charge in [0, 0.05) is 7.05 Å². The van der Waals surface area contributed by atoms with Crippen LogP contribution in [0.3, 0.4) is 0 Å². The van der Waals surface area contributed by atoms with Crippen LogP contribution in [-0.4, -0.2) is 48.2 Å². The van der Waals surface area contributed by atoms with Crippen LogP contribution < -0.4 is 4.74 Å². The molecule has 0 saturated carbocycles. The van der Waals surface area contributed by atoms with Crippen molar-refractivity contribution in [1.82, 2.24) is 9.80 Å². The van der Waals surface area contributed by atoms with E-state index < -0.39 is 19.2 Å². The fourth-order valence-electron chi connectivity index (χ4n) is 5.27. The Kier molecular flexibility index (Phi) is 10.8. The van der Waals surface area contributed by atoms with E-state index in [-0.39, 0.29) is 24.1 Å². The van der Waals surface area contributed by atoms with Gasteiger partial charge in [-0.25, -0.2) is 9.69 Å². The van der Waals surface area contributed by atoms with E-state index in [4.69, 9.17) is 13.8 Å². The third-order valence-corrected chi connectivity index (χ3v) is 9.59. The first-order valence-corrected chi connectivity index (χ1v) is 15.7. The fraction of sp³-hybridized carbons (Fsp3) is 0.533. The van der Waals surface area contributed by atoms with Crippen molar-refractivity contribution in [2.45, 2.75) is 78.7 Å². The van der Waals surface area contributed by atoms with E-state index in [1.54, 1.807) is 37.9 Å². The quantitative estimate of drug-likeness (QED) is 0.177. The predicted molar refractivity (Wildman–Crippen MR) is 153 cm³/mol. The second-order valence-corrected chi connectivity index (χ2v) is 11.9. The maximum absolute atomic E-state index is 13.8. The molecule has 1 heterocycles. The summed E-state index contributed by atoms with van der Waals surface area (Å²) >= 11 is 0. The molecule has 2 atom stereocenters. The van der Waals surface area contributed by atoms with Crippen molar-refractivity contribution in [2.75, 3.05) is 20.3 Å². The van der Waals surface area contributed by atoms with Crippen LogP contribution in [0.4, 0.5) is 4.79 Å². The molecule has 0 N–H and O–H groups in total. The van der Waals surface area contributed by atoms with Crippen LogP contribution in [0.15, 0.2) is 54.6 Å². The minimum Gasteiger partial charge on any atom is -0.469 e. The number of nitrogens with zero attached hydrogens (tertiary/aromatic N) is 2. The van der Waals surface area contributed by atoms with Crippen LogP contribution in [-0.2, 0) is 24.6 Å². The molecule has 0 aliphatic carbocycles. The maximum Gasteiger partial charge on any atom is 0.335 e. The number of carbonyl (C=O) groups is 2. The van der Waals surface area contributed by atoms with Crippen LogP contribution in [0.2, 0.25) is 0 Å². The first-order chi connectivity index (χ1) is 18.7. The smallest absolute Gasteiger partial charge is 0.335 e. The first-order valence-electron chi connectivity index (χ1n) is 14.0. The number of hydrogen-bond donors (Lipinski definition) is 0. The molecule has 8 nitrogen and oxygen atoms in total. The van der Waals surface area contributed by atoms with Gasteiger partial charge in [-0.2, -0.15) is 0 Å². The van der Waals surface area contributed by atoms with E-state index in [2.05, 4.69) is 6.92 Å². The lowest BCUT2D eigenvalue weighted by molar-refractivity contribution is -0.192. The normalized spacial score (nSPS) is 17.4. The summed E-state index contributed by atoms with van der Waals surface area (Å²) in [6.07, 6.45) is 2.21. The molecule has 9 heteroatoms. The Balaban J connectivity index is 1.83. The summed E-state index contributed by atoms with van der Waals surface area (Å²) < 4.78 is 30.1. The average molecular weight is 559 g/mol. The lowest BCUT2D eigenvalue weighted by Gasteiger charge is -2.54. The number of benzene rings is 2. The summed E-state index contributed by atoms with van der Waals surface area (Å²) in [5.41, 5.74) is 1.04. The molecule has 0 bridgehead atoms. The molecule has 39 heavy (non-hydrogen) atoms. The maximum atomic E-state index is 13.8. The van der Waals surface area contributed by atoms with E-state index in [0.717, 1.165) is 24.0 Å². The summed E-state index contributed by atoms with van der Waals surface area (Å²) in [6.45, 7) is 10.2. The highest BCUT2D eigenvalue weighted by Gasteiger charge is 2.63. The van der Waals surface area contributed by atoms with Crippen LogP contribution in [0.1, 0.15) is 77.5 Å². The van der Waals surface area contributed by atoms with E-state index in [1.807, 2.05) is 56.3 Å². The summed E-state index contributed by atoms with van der Waals surface area (Å²) in [6, 6.07) is 16.5. The van der Waals surface area contributed by atoms with E-state index in [1.165, 1.54) is 4.90 Å². The molecule has 2 aromatic carbocycles. The zero-order chi connectivity index (χ0) is 28.6. The summed E-state index contributed by atoms with van der Waals surface area (Å²) in [5.74, 6) is 0.322. The first kappa shape index (κ1) is 30.9. The Bertz CT molecular complexity index is 1130. The molecule has 1 aliphatic rings. The molecule has 1 aliphatic heterocycles.